The summed E-state index contributed by atoms with van der Waals surface area (Å²) in [6, 6.07) is 8.38. The highest BCUT2D eigenvalue weighted by molar-refractivity contribution is 5.79. The maximum absolute atomic E-state index is 6.07. The Morgan fingerprint density at radius 2 is 1.88 bits per heavy atom. The van der Waals surface area contributed by atoms with E-state index < -0.39 is 0 Å². The van der Waals surface area contributed by atoms with Crippen LogP contribution in [0.5, 0.6) is 5.75 Å². The lowest BCUT2D eigenvalue weighted by molar-refractivity contribution is 0.145. The third-order valence-corrected chi connectivity index (χ3v) is 4.42. The van der Waals surface area contributed by atoms with Gasteiger partial charge in [0.1, 0.15) is 5.75 Å². The molecular formula is C20H33N3O2. The number of rotatable bonds is 9. The lowest BCUT2D eigenvalue weighted by Gasteiger charge is -2.23. The third kappa shape index (κ3) is 7.78. The fraction of sp³-hybridized carbons (Fsp3) is 0.650. The predicted octanol–water partition coefficient (Wildman–Crippen LogP) is 3.49. The second-order valence-corrected chi connectivity index (χ2v) is 6.42. The molecule has 5 nitrogen and oxygen atoms in total. The van der Waals surface area contributed by atoms with Crippen molar-refractivity contribution in [2.24, 2.45) is 4.99 Å². The first kappa shape index (κ1) is 19.6. The zero-order valence-corrected chi connectivity index (χ0v) is 15.7. The Morgan fingerprint density at radius 1 is 1.12 bits per heavy atom. The number of nitrogens with zero attached hydrogens (tertiary/aromatic N) is 1. The molecule has 1 aromatic carbocycles. The molecule has 1 saturated carbocycles. The van der Waals surface area contributed by atoms with Gasteiger partial charge in [0, 0.05) is 33.4 Å². The van der Waals surface area contributed by atoms with Crippen LogP contribution in [0.1, 0.15) is 51.0 Å². The zero-order valence-electron chi connectivity index (χ0n) is 15.7. The van der Waals surface area contributed by atoms with Crippen molar-refractivity contribution in [2.45, 2.75) is 58.1 Å². The van der Waals surface area contributed by atoms with E-state index in [2.05, 4.69) is 39.9 Å². The molecule has 1 aromatic rings. The standard InChI is InChI=1S/C20H33N3O2/c1-3-24-15-7-14-22-20(21-2)23-16-17-10-12-19(13-11-17)25-18-8-5-4-6-9-18/h10-13,18H,3-9,14-16H2,1-2H3,(H2,21,22,23). The van der Waals surface area contributed by atoms with Gasteiger partial charge in [-0.05, 0) is 56.7 Å². The molecule has 2 N–H and O–H groups in total. The molecule has 1 aliphatic carbocycles. The summed E-state index contributed by atoms with van der Waals surface area (Å²) in [7, 11) is 1.79. The van der Waals surface area contributed by atoms with Crippen molar-refractivity contribution in [3.05, 3.63) is 29.8 Å². The Balaban J connectivity index is 1.68. The normalized spacial score (nSPS) is 15.8. The molecular weight excluding hydrogens is 314 g/mol. The van der Waals surface area contributed by atoms with Crippen LogP contribution in [0.2, 0.25) is 0 Å². The second kappa shape index (κ2) is 11.7. The number of guanidine groups is 1. The number of aliphatic imine (C=N–C) groups is 1. The van der Waals surface area contributed by atoms with Gasteiger partial charge in [0.05, 0.1) is 6.10 Å². The minimum absolute atomic E-state index is 0.400. The maximum Gasteiger partial charge on any atom is 0.191 e. The minimum atomic E-state index is 0.400. The van der Waals surface area contributed by atoms with E-state index in [1.165, 1.54) is 37.7 Å². The van der Waals surface area contributed by atoms with Crippen LogP contribution < -0.4 is 15.4 Å². The molecule has 25 heavy (non-hydrogen) atoms. The Hall–Kier alpha value is -1.75. The van der Waals surface area contributed by atoms with Gasteiger partial charge in [-0.15, -0.1) is 0 Å². The Kier molecular flexibility index (Phi) is 9.19. The molecule has 140 valence electrons. The van der Waals surface area contributed by atoms with E-state index in [1.54, 1.807) is 7.05 Å². The number of nitrogens with one attached hydrogen (secondary N) is 2. The third-order valence-electron chi connectivity index (χ3n) is 4.42. The van der Waals surface area contributed by atoms with E-state index >= 15 is 0 Å². The summed E-state index contributed by atoms with van der Waals surface area (Å²) in [4.78, 5) is 4.24. The molecule has 0 radical (unpaired) electrons. The van der Waals surface area contributed by atoms with E-state index in [0.717, 1.165) is 44.4 Å². The Labute approximate surface area is 152 Å². The molecule has 2 rings (SSSR count). The van der Waals surface area contributed by atoms with Crippen molar-refractivity contribution in [1.82, 2.24) is 10.6 Å². The fourth-order valence-electron chi connectivity index (χ4n) is 2.99. The van der Waals surface area contributed by atoms with Crippen LogP contribution >= 0.6 is 0 Å². The molecule has 5 heteroatoms. The van der Waals surface area contributed by atoms with Crippen molar-refractivity contribution in [1.29, 1.82) is 0 Å². The molecule has 0 spiro atoms. The van der Waals surface area contributed by atoms with Crippen molar-refractivity contribution in [3.8, 4) is 5.75 Å². The zero-order chi connectivity index (χ0) is 17.7. The number of hydrogen-bond donors (Lipinski definition) is 2. The monoisotopic (exact) mass is 347 g/mol. The maximum atomic E-state index is 6.07. The van der Waals surface area contributed by atoms with Crippen molar-refractivity contribution in [3.63, 3.8) is 0 Å². The first-order valence-electron chi connectivity index (χ1n) is 9.59. The highest BCUT2D eigenvalue weighted by Crippen LogP contribution is 2.23. The first-order valence-corrected chi connectivity index (χ1v) is 9.59. The summed E-state index contributed by atoms with van der Waals surface area (Å²) in [6.45, 7) is 5.17. The van der Waals surface area contributed by atoms with E-state index in [4.69, 9.17) is 9.47 Å². The average molecular weight is 348 g/mol. The van der Waals surface area contributed by atoms with E-state index in [-0.39, 0.29) is 0 Å². The summed E-state index contributed by atoms with van der Waals surface area (Å²) >= 11 is 0. The van der Waals surface area contributed by atoms with E-state index in [0.29, 0.717) is 6.10 Å². The van der Waals surface area contributed by atoms with Crippen LogP contribution in [0.25, 0.3) is 0 Å². The number of benzene rings is 1. The highest BCUT2D eigenvalue weighted by atomic mass is 16.5. The van der Waals surface area contributed by atoms with Crippen molar-refractivity contribution < 1.29 is 9.47 Å². The minimum Gasteiger partial charge on any atom is -0.490 e. The van der Waals surface area contributed by atoms with Gasteiger partial charge in [-0.25, -0.2) is 0 Å². The SMILES string of the molecule is CCOCCCNC(=NC)NCc1ccc(OC2CCCCC2)cc1. The van der Waals surface area contributed by atoms with Crippen LogP contribution in [-0.4, -0.2) is 38.9 Å². The van der Waals surface area contributed by atoms with Crippen molar-refractivity contribution in [2.75, 3.05) is 26.8 Å². The summed E-state index contributed by atoms with van der Waals surface area (Å²) in [5.74, 6) is 1.80. The van der Waals surface area contributed by atoms with Crippen LogP contribution in [-0.2, 0) is 11.3 Å². The summed E-state index contributed by atoms with van der Waals surface area (Å²) in [6.07, 6.45) is 7.70. The molecule has 0 bridgehead atoms. The molecule has 1 aliphatic rings. The van der Waals surface area contributed by atoms with Gasteiger partial charge in [-0.3, -0.25) is 4.99 Å². The molecule has 0 aromatic heterocycles. The molecule has 1 fully saturated rings. The van der Waals surface area contributed by atoms with Gasteiger partial charge in [0.2, 0.25) is 0 Å². The van der Waals surface area contributed by atoms with Crippen LogP contribution in [0.15, 0.2) is 29.3 Å². The number of hydrogen-bond acceptors (Lipinski definition) is 3. The van der Waals surface area contributed by atoms with E-state index in [1.807, 2.05) is 6.92 Å². The lowest BCUT2D eigenvalue weighted by atomic mass is 9.98. The summed E-state index contributed by atoms with van der Waals surface area (Å²) in [5, 5.41) is 6.63. The largest absolute Gasteiger partial charge is 0.490 e. The van der Waals surface area contributed by atoms with Gasteiger partial charge < -0.3 is 20.1 Å². The van der Waals surface area contributed by atoms with Gasteiger partial charge in [-0.1, -0.05) is 18.6 Å². The molecule has 0 amide bonds. The summed E-state index contributed by atoms with van der Waals surface area (Å²) in [5.41, 5.74) is 1.22. The average Bonchev–Trinajstić information content (AvgIpc) is 2.66. The quantitative estimate of drug-likeness (QED) is 0.408. The summed E-state index contributed by atoms with van der Waals surface area (Å²) < 4.78 is 11.4. The lowest BCUT2D eigenvalue weighted by Crippen LogP contribution is -2.37. The molecule has 0 saturated heterocycles. The molecule has 0 atom stereocenters. The smallest absolute Gasteiger partial charge is 0.191 e. The first-order chi connectivity index (χ1) is 12.3. The van der Waals surface area contributed by atoms with Crippen LogP contribution in [0, 0.1) is 0 Å². The molecule has 0 unspecified atom stereocenters. The number of ether oxygens (including phenoxy) is 2. The molecule has 0 heterocycles. The molecule has 0 aliphatic heterocycles. The Morgan fingerprint density at radius 3 is 2.56 bits per heavy atom. The van der Waals surface area contributed by atoms with E-state index in [9.17, 15) is 0 Å². The van der Waals surface area contributed by atoms with Gasteiger partial charge in [0.15, 0.2) is 5.96 Å². The van der Waals surface area contributed by atoms with Gasteiger partial charge in [-0.2, -0.15) is 0 Å². The second-order valence-electron chi connectivity index (χ2n) is 6.42. The highest BCUT2D eigenvalue weighted by Gasteiger charge is 2.14. The Bertz CT molecular complexity index is 496. The van der Waals surface area contributed by atoms with Crippen LogP contribution in [0.3, 0.4) is 0 Å². The van der Waals surface area contributed by atoms with Gasteiger partial charge >= 0.3 is 0 Å². The van der Waals surface area contributed by atoms with Gasteiger partial charge in [0.25, 0.3) is 0 Å². The topological polar surface area (TPSA) is 54.9 Å². The fourth-order valence-corrected chi connectivity index (χ4v) is 2.99. The van der Waals surface area contributed by atoms with Crippen molar-refractivity contribution >= 4 is 5.96 Å². The van der Waals surface area contributed by atoms with Crippen LogP contribution in [0.4, 0.5) is 0 Å². The predicted molar refractivity (Wildman–Crippen MR) is 103 cm³/mol.